The van der Waals surface area contributed by atoms with Crippen LogP contribution in [0.3, 0.4) is 0 Å². The van der Waals surface area contributed by atoms with Crippen LogP contribution in [-0.2, 0) is 58.7 Å². The van der Waals surface area contributed by atoms with Crippen molar-refractivity contribution in [3.8, 4) is 11.5 Å². The van der Waals surface area contributed by atoms with Crippen molar-refractivity contribution in [2.24, 2.45) is 11.8 Å². The Kier molecular flexibility index (Phi) is 19.0. The summed E-state index contributed by atoms with van der Waals surface area (Å²) < 4.78 is 60.6. The summed E-state index contributed by atoms with van der Waals surface area (Å²) in [5.74, 6) is 0.998. The molecule has 0 N–H and O–H groups in total. The van der Waals surface area contributed by atoms with Crippen LogP contribution in [0.2, 0.25) is 0 Å². The lowest BCUT2D eigenvalue weighted by molar-refractivity contribution is -0.142. The molecule has 0 spiro atoms. The number of rotatable bonds is 4. The van der Waals surface area contributed by atoms with E-state index in [1.54, 1.807) is 0 Å². The quantitative estimate of drug-likeness (QED) is 0.126. The van der Waals surface area contributed by atoms with E-state index in [2.05, 4.69) is 48.5 Å². The minimum atomic E-state index is -0.951. The van der Waals surface area contributed by atoms with Crippen LogP contribution in [0, 0.1) is 11.8 Å². The highest BCUT2D eigenvalue weighted by molar-refractivity contribution is 5.91. The van der Waals surface area contributed by atoms with Crippen LogP contribution in [0.15, 0.2) is 168 Å². The van der Waals surface area contributed by atoms with Gasteiger partial charge in [-0.2, -0.15) is 0 Å². The van der Waals surface area contributed by atoms with Crippen molar-refractivity contribution >= 4 is 11.9 Å². The van der Waals surface area contributed by atoms with Crippen LogP contribution in [0.25, 0.3) is 0 Å². The van der Waals surface area contributed by atoms with Gasteiger partial charge < -0.3 is 47.4 Å². The molecule has 0 aromatic heterocycles. The van der Waals surface area contributed by atoms with Gasteiger partial charge in [0.2, 0.25) is 0 Å². The minimum absolute atomic E-state index is 0.0808. The zero-order valence-corrected chi connectivity index (χ0v) is 41.6. The highest BCUT2D eigenvalue weighted by atomic mass is 16.6. The predicted molar refractivity (Wildman–Crippen MR) is 272 cm³/mol. The first-order valence-corrected chi connectivity index (χ1v) is 25.4. The lowest BCUT2D eigenvalue weighted by Gasteiger charge is -2.37. The molecule has 4 heterocycles. The molecule has 0 radical (unpaired) electrons. The van der Waals surface area contributed by atoms with Crippen molar-refractivity contribution in [3.05, 3.63) is 191 Å². The summed E-state index contributed by atoms with van der Waals surface area (Å²) >= 11 is 0. The zero-order chi connectivity index (χ0) is 49.9. The maximum absolute atomic E-state index is 14.3. The van der Waals surface area contributed by atoms with Crippen LogP contribution in [0.5, 0.6) is 11.5 Å². The molecule has 4 aliphatic rings. The number of fused-ring (bicyclic) bond motifs is 27. The van der Waals surface area contributed by atoms with Crippen LogP contribution >= 0.6 is 0 Å². The van der Waals surface area contributed by atoms with Gasteiger partial charge in [-0.25, -0.2) is 9.59 Å². The van der Waals surface area contributed by atoms with Gasteiger partial charge in [0.05, 0.1) is 64.0 Å². The number of benzene rings is 5. The molecule has 2 unspecified atom stereocenters. The molecule has 0 saturated carbocycles. The zero-order valence-electron chi connectivity index (χ0n) is 41.6. The molecule has 5 aromatic carbocycles. The lowest BCUT2D eigenvalue weighted by Crippen LogP contribution is -2.37. The number of allylic oxidation sites excluding steroid dienone is 2. The molecule has 12 heteroatoms. The van der Waals surface area contributed by atoms with Crippen molar-refractivity contribution < 1.29 is 57.0 Å². The first-order valence-electron chi connectivity index (χ1n) is 25.4. The molecule has 9 rings (SSSR count). The van der Waals surface area contributed by atoms with E-state index in [-0.39, 0.29) is 38.3 Å². The average molecular weight is 981 g/mol. The van der Waals surface area contributed by atoms with E-state index in [0.717, 1.165) is 47.9 Å². The Morgan fingerprint density at radius 2 is 0.625 bits per heavy atom. The molecule has 0 saturated heterocycles. The monoisotopic (exact) mass is 980 g/mol. The molecular weight excluding hydrogens is 913 g/mol. The van der Waals surface area contributed by atoms with Crippen molar-refractivity contribution in [2.75, 3.05) is 79.3 Å². The molecule has 4 aliphatic heterocycles. The first-order chi connectivity index (χ1) is 35.4. The second-order valence-corrected chi connectivity index (χ2v) is 18.1. The van der Waals surface area contributed by atoms with Gasteiger partial charge in [0, 0.05) is 34.1 Å². The second kappa shape index (κ2) is 26.3. The molecule has 72 heavy (non-hydrogen) atoms. The molecule has 2 atom stereocenters. The summed E-state index contributed by atoms with van der Waals surface area (Å²) in [7, 11) is 0. The maximum Gasteiger partial charge on any atom is 0.337 e. The standard InChI is InChI=1S/C60H68O12/c1-45-55-53(59(71-45,47-19-9-5-10-20-47)48-21-11-6-12-22-48)27-17-3-4-18-28-54-56(46(2)72-60(54,49-23-13-7-14-24-49)50-25-15-8-16-26-50)58(62)70-44-40-66-36-34-64-38-42-68-52-31-29-51(30-32-52)67-41-37-63-33-35-65-39-43-69-57(55)61/h5-16,19-26,29-32,53-54H,3-4,17-18,27-28,33-44H2,1-2H3. The average Bonchev–Trinajstić information content (AvgIpc) is 3.89. The van der Waals surface area contributed by atoms with Crippen LogP contribution < -0.4 is 9.47 Å². The van der Waals surface area contributed by atoms with Gasteiger partial charge in [-0.05, 0) is 51.0 Å². The Hall–Kier alpha value is -6.44. The fourth-order valence-corrected chi connectivity index (χ4v) is 10.3. The third-order valence-corrected chi connectivity index (χ3v) is 13.5. The third-order valence-electron chi connectivity index (χ3n) is 13.5. The van der Waals surface area contributed by atoms with Gasteiger partial charge in [0.1, 0.15) is 49.4 Å². The number of hydrogen-bond donors (Lipinski definition) is 0. The van der Waals surface area contributed by atoms with Crippen LogP contribution in [-0.4, -0.2) is 91.2 Å². The summed E-state index contributed by atoms with van der Waals surface area (Å²) in [6, 6.07) is 48.0. The van der Waals surface area contributed by atoms with Crippen molar-refractivity contribution in [2.45, 2.75) is 63.6 Å². The van der Waals surface area contributed by atoms with E-state index in [1.807, 2.05) is 111 Å². The lowest BCUT2D eigenvalue weighted by atomic mass is 9.71. The van der Waals surface area contributed by atoms with Gasteiger partial charge in [0.25, 0.3) is 0 Å². The molecule has 0 fully saturated rings. The predicted octanol–water partition coefficient (Wildman–Crippen LogP) is 10.7. The molecular formula is C60H68O12. The molecule has 0 aliphatic carbocycles. The summed E-state index contributed by atoms with van der Waals surface area (Å²) in [5, 5.41) is 0. The Morgan fingerprint density at radius 3 is 0.931 bits per heavy atom. The van der Waals surface area contributed by atoms with Crippen LogP contribution in [0.1, 0.15) is 74.6 Å². The van der Waals surface area contributed by atoms with Crippen LogP contribution in [0.4, 0.5) is 0 Å². The highest BCUT2D eigenvalue weighted by Crippen LogP contribution is 2.55. The van der Waals surface area contributed by atoms with Crippen molar-refractivity contribution in [3.63, 3.8) is 0 Å². The number of carbonyl (C=O) groups is 2. The Balaban J connectivity index is 1.00. The van der Waals surface area contributed by atoms with Gasteiger partial charge >= 0.3 is 11.9 Å². The summed E-state index contributed by atoms with van der Waals surface area (Å²) in [5.41, 5.74) is 3.03. The normalized spacial score (nSPS) is 21.6. The number of hydrogen-bond acceptors (Lipinski definition) is 12. The third kappa shape index (κ3) is 12.6. The Labute approximate surface area is 424 Å². The summed E-state index contributed by atoms with van der Waals surface area (Å²) in [6.45, 7) is 7.28. The topological polar surface area (TPSA) is 126 Å². The number of ether oxygens (including phenoxy) is 10. The van der Waals surface area contributed by atoms with Gasteiger partial charge in [-0.1, -0.05) is 147 Å². The van der Waals surface area contributed by atoms with E-state index >= 15 is 0 Å². The fraction of sp³-hybridized carbons (Fsp3) is 0.400. The van der Waals surface area contributed by atoms with Crippen molar-refractivity contribution in [1.82, 2.24) is 0 Å². The smallest absolute Gasteiger partial charge is 0.337 e. The maximum atomic E-state index is 14.3. The SMILES string of the molecule is CC1=C2C(=O)OCCOCCOCCOc3ccc(cc3)OCCOCCOCCOC(=O)C3=C(C)OC(c4ccccc4)(c4ccccc4)C3CCCCCCC2C(c2ccccc2)(c2ccccc2)O1. The summed E-state index contributed by atoms with van der Waals surface area (Å²) in [6.07, 6.45) is 4.70. The molecule has 2 bridgehead atoms. The molecule has 12 nitrogen and oxygen atoms in total. The van der Waals surface area contributed by atoms with E-state index in [0.29, 0.717) is 99.9 Å². The first kappa shape index (κ1) is 51.9. The second-order valence-electron chi connectivity index (χ2n) is 18.1. The fourth-order valence-electron chi connectivity index (χ4n) is 10.3. The largest absolute Gasteiger partial charge is 0.491 e. The van der Waals surface area contributed by atoms with E-state index < -0.39 is 23.1 Å². The molecule has 5 aromatic rings. The number of esters is 2. The van der Waals surface area contributed by atoms with Gasteiger partial charge in [-0.15, -0.1) is 0 Å². The Morgan fingerprint density at radius 1 is 0.347 bits per heavy atom. The molecule has 380 valence electrons. The Bertz CT molecular complexity index is 2260. The van der Waals surface area contributed by atoms with E-state index in [9.17, 15) is 9.59 Å². The van der Waals surface area contributed by atoms with E-state index in [1.165, 1.54) is 0 Å². The highest BCUT2D eigenvalue weighted by Gasteiger charge is 2.55. The number of carbonyl (C=O) groups excluding carboxylic acids is 2. The summed E-state index contributed by atoms with van der Waals surface area (Å²) in [4.78, 5) is 28.5. The molecule has 0 amide bonds. The van der Waals surface area contributed by atoms with E-state index in [4.69, 9.17) is 47.4 Å². The van der Waals surface area contributed by atoms with Gasteiger partial charge in [-0.3, -0.25) is 0 Å². The van der Waals surface area contributed by atoms with Gasteiger partial charge in [0.15, 0.2) is 11.2 Å². The van der Waals surface area contributed by atoms with Crippen molar-refractivity contribution in [1.29, 1.82) is 0 Å². The minimum Gasteiger partial charge on any atom is -0.491 e.